The lowest BCUT2D eigenvalue weighted by Crippen LogP contribution is -2.43. The van der Waals surface area contributed by atoms with Crippen LogP contribution >= 0.6 is 0 Å². The first kappa shape index (κ1) is 24.7. The van der Waals surface area contributed by atoms with E-state index in [1.807, 2.05) is 30.6 Å². The summed E-state index contributed by atoms with van der Waals surface area (Å²) >= 11 is 0. The molecule has 0 bridgehead atoms. The van der Waals surface area contributed by atoms with E-state index in [-0.39, 0.29) is 23.9 Å². The van der Waals surface area contributed by atoms with E-state index in [0.717, 1.165) is 48.2 Å². The number of rotatable bonds is 6. The number of pyridine rings is 1. The zero-order chi connectivity index (χ0) is 26.2. The highest BCUT2D eigenvalue weighted by Gasteiger charge is 2.32. The third kappa shape index (κ3) is 5.71. The molecule has 2 aromatic heterocycles. The van der Waals surface area contributed by atoms with Gasteiger partial charge in [-0.25, -0.2) is 9.97 Å². The van der Waals surface area contributed by atoms with Gasteiger partial charge in [-0.2, -0.15) is 13.2 Å². The van der Waals surface area contributed by atoms with Crippen LogP contribution in [0.2, 0.25) is 0 Å². The second kappa shape index (κ2) is 9.79. The monoisotopic (exact) mass is 511 g/mol. The number of nitrogens with one attached hydrogen (secondary N) is 1. The van der Waals surface area contributed by atoms with Crippen LogP contribution in [-0.4, -0.2) is 64.1 Å². The summed E-state index contributed by atoms with van der Waals surface area (Å²) in [4.78, 5) is 38.4. The van der Waals surface area contributed by atoms with Gasteiger partial charge in [0.05, 0.1) is 11.6 Å². The summed E-state index contributed by atoms with van der Waals surface area (Å²) in [6.45, 7) is -1.12. The summed E-state index contributed by atoms with van der Waals surface area (Å²) in [6.07, 6.45) is 3.06. The minimum absolute atomic E-state index is 0.179. The van der Waals surface area contributed by atoms with E-state index >= 15 is 0 Å². The summed E-state index contributed by atoms with van der Waals surface area (Å²) in [7, 11) is 1.04. The van der Waals surface area contributed by atoms with Gasteiger partial charge in [-0.15, -0.1) is 0 Å². The van der Waals surface area contributed by atoms with Crippen molar-refractivity contribution in [1.29, 1.82) is 0 Å². The van der Waals surface area contributed by atoms with E-state index in [0.29, 0.717) is 17.2 Å². The number of aromatic nitrogens is 3. The van der Waals surface area contributed by atoms with Crippen molar-refractivity contribution >= 4 is 11.8 Å². The van der Waals surface area contributed by atoms with Crippen LogP contribution in [0.25, 0.3) is 11.1 Å². The highest BCUT2D eigenvalue weighted by molar-refractivity contribution is 5.96. The standard InChI is InChI=1S/C26H24F3N5O3/c1-34(14-26(27,28)29)25(36)21-8-7-16(10-30-21)24(35)33-18-9-20-19(3-2-4-22(20)37-13-18)17-11-31-23(32-12-17)15-5-6-15/h2-4,7-8,10-12,15,18H,5-6,9,13-14H2,1H3,(H,33,35)/t18-/m0/s1. The van der Waals surface area contributed by atoms with Crippen LogP contribution < -0.4 is 10.1 Å². The fourth-order valence-corrected chi connectivity index (χ4v) is 4.26. The number of nitrogens with zero attached hydrogens (tertiary/aromatic N) is 4. The van der Waals surface area contributed by atoms with Gasteiger partial charge in [0.25, 0.3) is 11.8 Å². The Kier molecular flexibility index (Phi) is 6.53. The van der Waals surface area contributed by atoms with Gasteiger partial charge in [0.2, 0.25) is 0 Å². The van der Waals surface area contributed by atoms with Crippen LogP contribution in [0, 0.1) is 0 Å². The Bertz CT molecular complexity index is 1310. The number of amides is 2. The molecular formula is C26H24F3N5O3. The molecule has 8 nitrogen and oxygen atoms in total. The van der Waals surface area contributed by atoms with E-state index < -0.39 is 24.5 Å². The first-order valence-electron chi connectivity index (χ1n) is 11.8. The third-order valence-electron chi connectivity index (χ3n) is 6.29. The average Bonchev–Trinajstić information content (AvgIpc) is 3.73. The van der Waals surface area contributed by atoms with Gasteiger partial charge in [-0.05, 0) is 36.6 Å². The van der Waals surface area contributed by atoms with Crippen molar-refractivity contribution in [2.24, 2.45) is 0 Å². The number of alkyl halides is 3. The molecule has 37 heavy (non-hydrogen) atoms. The summed E-state index contributed by atoms with van der Waals surface area (Å²) in [5.41, 5.74) is 2.74. The number of benzene rings is 1. The van der Waals surface area contributed by atoms with Crippen LogP contribution in [-0.2, 0) is 6.42 Å². The fourth-order valence-electron chi connectivity index (χ4n) is 4.26. The van der Waals surface area contributed by atoms with Gasteiger partial charge >= 0.3 is 6.18 Å². The molecule has 1 fully saturated rings. The molecule has 1 N–H and O–H groups in total. The molecule has 0 spiro atoms. The summed E-state index contributed by atoms with van der Waals surface area (Å²) in [5.74, 6) is 0.749. The lowest BCUT2D eigenvalue weighted by Gasteiger charge is -2.28. The Labute approximate surface area is 210 Å². The minimum Gasteiger partial charge on any atom is -0.491 e. The van der Waals surface area contributed by atoms with E-state index in [2.05, 4.69) is 20.3 Å². The molecule has 3 heterocycles. The fraction of sp³-hybridized carbons (Fsp3) is 0.346. The van der Waals surface area contributed by atoms with Crippen LogP contribution in [0.15, 0.2) is 48.9 Å². The average molecular weight is 512 g/mol. The molecule has 2 amide bonds. The van der Waals surface area contributed by atoms with Gasteiger partial charge in [0.15, 0.2) is 0 Å². The van der Waals surface area contributed by atoms with Crippen LogP contribution in [0.5, 0.6) is 5.75 Å². The van der Waals surface area contributed by atoms with Crippen molar-refractivity contribution in [2.45, 2.75) is 37.4 Å². The Morgan fingerprint density at radius 2 is 1.84 bits per heavy atom. The first-order chi connectivity index (χ1) is 17.7. The molecule has 0 saturated heterocycles. The van der Waals surface area contributed by atoms with Gasteiger partial charge in [0.1, 0.15) is 30.4 Å². The van der Waals surface area contributed by atoms with E-state index in [9.17, 15) is 22.8 Å². The van der Waals surface area contributed by atoms with Crippen LogP contribution in [0.4, 0.5) is 13.2 Å². The van der Waals surface area contributed by atoms with E-state index in [1.54, 1.807) is 0 Å². The number of hydrogen-bond acceptors (Lipinski definition) is 6. The maximum atomic E-state index is 12.8. The SMILES string of the molecule is CN(CC(F)(F)F)C(=O)c1ccc(C(=O)N[C@@H]2COc3cccc(-c4cnc(C5CC5)nc4)c3C2)cn1. The molecule has 0 unspecified atom stereocenters. The van der Waals surface area contributed by atoms with Gasteiger partial charge in [0, 0.05) is 49.1 Å². The largest absolute Gasteiger partial charge is 0.491 e. The number of carbonyl (C=O) groups is 2. The minimum atomic E-state index is -4.52. The molecule has 1 aromatic carbocycles. The zero-order valence-corrected chi connectivity index (χ0v) is 20.0. The Hall–Kier alpha value is -4.02. The normalized spacial score (nSPS) is 16.9. The van der Waals surface area contributed by atoms with Crippen molar-refractivity contribution in [3.05, 3.63) is 71.6 Å². The molecule has 0 radical (unpaired) electrons. The van der Waals surface area contributed by atoms with Crippen molar-refractivity contribution in [1.82, 2.24) is 25.2 Å². The van der Waals surface area contributed by atoms with E-state index in [4.69, 9.17) is 4.74 Å². The topological polar surface area (TPSA) is 97.3 Å². The van der Waals surface area contributed by atoms with Crippen LogP contribution in [0.3, 0.4) is 0 Å². The smallest absolute Gasteiger partial charge is 0.406 e. The molecule has 192 valence electrons. The highest BCUT2D eigenvalue weighted by Crippen LogP contribution is 2.39. The molecule has 1 atom stereocenters. The van der Waals surface area contributed by atoms with Crippen molar-refractivity contribution in [3.63, 3.8) is 0 Å². The van der Waals surface area contributed by atoms with Gasteiger partial charge < -0.3 is 15.0 Å². The predicted octanol–water partition coefficient (Wildman–Crippen LogP) is 3.78. The summed E-state index contributed by atoms with van der Waals surface area (Å²) in [5, 5.41) is 2.91. The van der Waals surface area contributed by atoms with Gasteiger partial charge in [-0.1, -0.05) is 12.1 Å². The Morgan fingerprint density at radius 3 is 2.49 bits per heavy atom. The molecule has 5 rings (SSSR count). The Morgan fingerprint density at radius 1 is 1.08 bits per heavy atom. The number of ether oxygens (including phenoxy) is 1. The van der Waals surface area contributed by atoms with Crippen molar-refractivity contribution < 1.29 is 27.5 Å². The highest BCUT2D eigenvalue weighted by atomic mass is 19.4. The molecule has 2 aliphatic rings. The lowest BCUT2D eigenvalue weighted by atomic mass is 9.94. The van der Waals surface area contributed by atoms with E-state index in [1.165, 1.54) is 18.3 Å². The maximum Gasteiger partial charge on any atom is 0.406 e. The lowest BCUT2D eigenvalue weighted by molar-refractivity contribution is -0.138. The summed E-state index contributed by atoms with van der Waals surface area (Å²) < 4.78 is 43.6. The number of carbonyl (C=O) groups excluding carboxylic acids is 2. The second-order valence-corrected chi connectivity index (χ2v) is 9.28. The number of fused-ring (bicyclic) bond motifs is 1. The molecule has 11 heteroatoms. The van der Waals surface area contributed by atoms with Gasteiger partial charge in [-0.3, -0.25) is 14.6 Å². The molecular weight excluding hydrogens is 487 g/mol. The zero-order valence-electron chi connectivity index (χ0n) is 20.0. The first-order valence-corrected chi connectivity index (χ1v) is 11.8. The molecule has 3 aromatic rings. The van der Waals surface area contributed by atoms with Crippen molar-refractivity contribution in [2.75, 3.05) is 20.2 Å². The maximum absolute atomic E-state index is 12.8. The van der Waals surface area contributed by atoms with Crippen molar-refractivity contribution in [3.8, 4) is 16.9 Å². The molecule has 1 saturated carbocycles. The third-order valence-corrected chi connectivity index (χ3v) is 6.29. The predicted molar refractivity (Wildman–Crippen MR) is 127 cm³/mol. The summed E-state index contributed by atoms with van der Waals surface area (Å²) in [6, 6.07) is 8.03. The second-order valence-electron chi connectivity index (χ2n) is 9.28. The number of hydrogen-bond donors (Lipinski definition) is 1. The molecule has 1 aliphatic carbocycles. The number of halogens is 3. The quantitative estimate of drug-likeness (QED) is 0.541. The Balaban J connectivity index is 1.25. The van der Waals surface area contributed by atoms with Crippen LogP contribution in [0.1, 0.15) is 51.0 Å². The molecule has 1 aliphatic heterocycles.